The maximum atomic E-state index is 12.3. The quantitative estimate of drug-likeness (QED) is 0.813. The van der Waals surface area contributed by atoms with E-state index < -0.39 is 0 Å². The van der Waals surface area contributed by atoms with Gasteiger partial charge in [0, 0.05) is 30.0 Å². The molecule has 104 valence electrons. The number of carbonyl (C=O) groups is 1. The molecule has 0 aromatic rings. The zero-order valence-electron chi connectivity index (χ0n) is 11.2. The van der Waals surface area contributed by atoms with E-state index in [1.807, 2.05) is 0 Å². The number of ether oxygens (including phenoxy) is 1. The summed E-state index contributed by atoms with van der Waals surface area (Å²) in [5.41, 5.74) is 0.00188. The van der Waals surface area contributed by atoms with E-state index in [1.165, 1.54) is 12.8 Å². The molecule has 4 heteroatoms. The third-order valence-corrected chi connectivity index (χ3v) is 5.54. The molecule has 0 aromatic heterocycles. The van der Waals surface area contributed by atoms with Crippen molar-refractivity contribution >= 4 is 21.8 Å². The molecule has 2 aliphatic rings. The molecule has 0 bridgehead atoms. The molecule has 3 nitrogen and oxygen atoms in total. The fourth-order valence-corrected chi connectivity index (χ4v) is 3.63. The average molecular weight is 318 g/mol. The van der Waals surface area contributed by atoms with Gasteiger partial charge in [-0.1, -0.05) is 22.9 Å². The Hall–Kier alpha value is -0.0900. The van der Waals surface area contributed by atoms with Crippen LogP contribution in [-0.2, 0) is 9.53 Å². The maximum absolute atomic E-state index is 12.3. The van der Waals surface area contributed by atoms with Crippen LogP contribution >= 0.6 is 15.9 Å². The van der Waals surface area contributed by atoms with E-state index in [4.69, 9.17) is 4.74 Å². The fourth-order valence-electron chi connectivity index (χ4n) is 2.93. The predicted octanol–water partition coefficient (Wildman–Crippen LogP) is 2.87. The molecule has 1 heterocycles. The van der Waals surface area contributed by atoms with Crippen molar-refractivity contribution in [2.45, 2.75) is 51.0 Å². The van der Waals surface area contributed by atoms with Crippen LogP contribution in [0, 0.1) is 11.8 Å². The topological polar surface area (TPSA) is 38.3 Å². The van der Waals surface area contributed by atoms with Crippen molar-refractivity contribution in [3.05, 3.63) is 0 Å². The molecule has 0 radical (unpaired) electrons. The Morgan fingerprint density at radius 3 is 2.44 bits per heavy atom. The Labute approximate surface area is 118 Å². The molecular weight excluding hydrogens is 294 g/mol. The van der Waals surface area contributed by atoms with E-state index in [9.17, 15) is 4.79 Å². The highest BCUT2D eigenvalue weighted by Crippen LogP contribution is 2.33. The minimum absolute atomic E-state index is 0.00188. The number of alkyl halides is 1. The Bertz CT molecular complexity index is 282. The SMILES string of the molecule is CC1CCC(CBr)(NC(=O)C2CCOCC2)CC1. The molecule has 1 saturated heterocycles. The Morgan fingerprint density at radius 2 is 1.89 bits per heavy atom. The fraction of sp³-hybridized carbons (Fsp3) is 0.929. The molecule has 1 amide bonds. The summed E-state index contributed by atoms with van der Waals surface area (Å²) in [6.07, 6.45) is 6.41. The van der Waals surface area contributed by atoms with Gasteiger partial charge < -0.3 is 10.1 Å². The van der Waals surface area contributed by atoms with Crippen molar-refractivity contribution < 1.29 is 9.53 Å². The van der Waals surface area contributed by atoms with Crippen LogP contribution in [0.2, 0.25) is 0 Å². The highest BCUT2D eigenvalue weighted by molar-refractivity contribution is 9.09. The summed E-state index contributed by atoms with van der Waals surface area (Å²) >= 11 is 3.60. The first-order chi connectivity index (χ1) is 8.65. The van der Waals surface area contributed by atoms with Gasteiger partial charge in [-0.05, 0) is 44.4 Å². The molecule has 0 unspecified atom stereocenters. The number of nitrogens with one attached hydrogen (secondary N) is 1. The molecule has 2 rings (SSSR count). The number of rotatable bonds is 3. The van der Waals surface area contributed by atoms with Gasteiger partial charge in [-0.2, -0.15) is 0 Å². The van der Waals surface area contributed by atoms with Gasteiger partial charge in [0.15, 0.2) is 0 Å². The molecule has 2 fully saturated rings. The molecule has 0 spiro atoms. The number of halogens is 1. The van der Waals surface area contributed by atoms with Crippen molar-refractivity contribution in [1.82, 2.24) is 5.32 Å². The lowest BCUT2D eigenvalue weighted by Gasteiger charge is -2.40. The lowest BCUT2D eigenvalue weighted by Crippen LogP contribution is -2.54. The molecule has 1 aliphatic heterocycles. The zero-order chi connectivity index (χ0) is 13.0. The second-order valence-corrected chi connectivity index (χ2v) is 6.53. The first-order valence-corrected chi connectivity index (χ1v) is 8.23. The van der Waals surface area contributed by atoms with Crippen LogP contribution in [0.25, 0.3) is 0 Å². The van der Waals surface area contributed by atoms with Crippen LogP contribution in [0.1, 0.15) is 45.4 Å². The number of hydrogen-bond donors (Lipinski definition) is 1. The van der Waals surface area contributed by atoms with Gasteiger partial charge in [-0.25, -0.2) is 0 Å². The minimum Gasteiger partial charge on any atom is -0.381 e. The first kappa shape index (κ1) is 14.3. The van der Waals surface area contributed by atoms with Crippen molar-refractivity contribution in [2.75, 3.05) is 18.5 Å². The molecule has 1 aliphatic carbocycles. The average Bonchev–Trinajstić information content (AvgIpc) is 2.43. The molecule has 0 atom stereocenters. The van der Waals surface area contributed by atoms with Crippen LogP contribution in [0.4, 0.5) is 0 Å². The van der Waals surface area contributed by atoms with Gasteiger partial charge in [-0.3, -0.25) is 4.79 Å². The summed E-state index contributed by atoms with van der Waals surface area (Å²) < 4.78 is 5.32. The van der Waals surface area contributed by atoms with E-state index in [0.717, 1.165) is 50.1 Å². The van der Waals surface area contributed by atoms with Crippen molar-refractivity contribution in [3.63, 3.8) is 0 Å². The molecule has 0 aromatic carbocycles. The third kappa shape index (κ3) is 3.47. The minimum atomic E-state index is 0.00188. The van der Waals surface area contributed by atoms with Crippen LogP contribution in [0.5, 0.6) is 0 Å². The van der Waals surface area contributed by atoms with Gasteiger partial charge in [-0.15, -0.1) is 0 Å². The number of hydrogen-bond acceptors (Lipinski definition) is 2. The standard InChI is InChI=1S/C14H24BrNO2/c1-11-2-6-14(10-15,7-3-11)16-13(17)12-4-8-18-9-5-12/h11-12H,2-10H2,1H3,(H,16,17). The summed E-state index contributed by atoms with van der Waals surface area (Å²) in [6, 6.07) is 0. The Balaban J connectivity index is 1.90. The summed E-state index contributed by atoms with van der Waals surface area (Å²) in [7, 11) is 0. The van der Waals surface area contributed by atoms with E-state index in [2.05, 4.69) is 28.2 Å². The van der Waals surface area contributed by atoms with E-state index in [0.29, 0.717) is 0 Å². The van der Waals surface area contributed by atoms with Gasteiger partial charge in [0.25, 0.3) is 0 Å². The number of amides is 1. The normalized spacial score (nSPS) is 34.2. The molecular formula is C14H24BrNO2. The maximum Gasteiger partial charge on any atom is 0.223 e. The molecule has 1 saturated carbocycles. The van der Waals surface area contributed by atoms with Gasteiger partial charge >= 0.3 is 0 Å². The number of carbonyl (C=O) groups excluding carboxylic acids is 1. The molecule has 18 heavy (non-hydrogen) atoms. The van der Waals surface area contributed by atoms with Crippen LogP contribution in [-0.4, -0.2) is 30.0 Å². The van der Waals surface area contributed by atoms with Crippen LogP contribution < -0.4 is 5.32 Å². The second kappa shape index (κ2) is 6.38. The smallest absolute Gasteiger partial charge is 0.223 e. The van der Waals surface area contributed by atoms with Gasteiger partial charge in [0.2, 0.25) is 5.91 Å². The lowest BCUT2D eigenvalue weighted by atomic mass is 9.78. The highest BCUT2D eigenvalue weighted by atomic mass is 79.9. The summed E-state index contributed by atoms with van der Waals surface area (Å²) in [4.78, 5) is 12.3. The van der Waals surface area contributed by atoms with Crippen molar-refractivity contribution in [1.29, 1.82) is 0 Å². The monoisotopic (exact) mass is 317 g/mol. The second-order valence-electron chi connectivity index (χ2n) is 5.97. The van der Waals surface area contributed by atoms with Crippen molar-refractivity contribution in [3.8, 4) is 0 Å². The summed E-state index contributed by atoms with van der Waals surface area (Å²) in [5, 5.41) is 4.21. The molecule has 1 N–H and O–H groups in total. The third-order valence-electron chi connectivity index (χ3n) is 4.47. The largest absolute Gasteiger partial charge is 0.381 e. The Morgan fingerprint density at radius 1 is 1.28 bits per heavy atom. The van der Waals surface area contributed by atoms with Gasteiger partial charge in [0.1, 0.15) is 0 Å². The summed E-state index contributed by atoms with van der Waals surface area (Å²) in [6.45, 7) is 3.77. The Kier molecular flexibility index (Phi) is 5.07. The van der Waals surface area contributed by atoms with Gasteiger partial charge in [0.05, 0.1) is 0 Å². The van der Waals surface area contributed by atoms with Crippen molar-refractivity contribution in [2.24, 2.45) is 11.8 Å². The first-order valence-electron chi connectivity index (χ1n) is 7.11. The lowest BCUT2D eigenvalue weighted by molar-refractivity contribution is -0.130. The predicted molar refractivity (Wildman–Crippen MR) is 75.8 cm³/mol. The van der Waals surface area contributed by atoms with E-state index in [1.54, 1.807) is 0 Å². The zero-order valence-corrected chi connectivity index (χ0v) is 12.8. The van der Waals surface area contributed by atoms with E-state index in [-0.39, 0.29) is 17.4 Å². The van der Waals surface area contributed by atoms with Crippen LogP contribution in [0.15, 0.2) is 0 Å². The van der Waals surface area contributed by atoms with Crippen LogP contribution in [0.3, 0.4) is 0 Å². The van der Waals surface area contributed by atoms with E-state index >= 15 is 0 Å². The summed E-state index contributed by atoms with van der Waals surface area (Å²) in [5.74, 6) is 1.21. The highest BCUT2D eigenvalue weighted by Gasteiger charge is 2.36.